The Labute approximate surface area is 120 Å². The van der Waals surface area contributed by atoms with E-state index in [1.165, 1.54) is 11.3 Å². The molecule has 2 rings (SSSR count). The number of nitrogens with one attached hydrogen (secondary N) is 1. The zero-order valence-electron chi connectivity index (χ0n) is 11.5. The number of furan rings is 1. The fourth-order valence-corrected chi connectivity index (χ4v) is 2.63. The van der Waals surface area contributed by atoms with Gasteiger partial charge < -0.3 is 14.5 Å². The summed E-state index contributed by atoms with van der Waals surface area (Å²) in [5.41, 5.74) is 0.777. The third kappa shape index (κ3) is 3.08. The summed E-state index contributed by atoms with van der Waals surface area (Å²) in [5, 5.41) is 3.30. The highest BCUT2D eigenvalue weighted by atomic mass is 32.1. The van der Waals surface area contributed by atoms with Gasteiger partial charge in [0, 0.05) is 0 Å². The first kappa shape index (κ1) is 14.3. The van der Waals surface area contributed by atoms with Crippen LogP contribution in [-0.4, -0.2) is 18.5 Å². The van der Waals surface area contributed by atoms with Crippen molar-refractivity contribution in [3.8, 4) is 0 Å². The predicted octanol–water partition coefficient (Wildman–Crippen LogP) is 3.39. The van der Waals surface area contributed by atoms with E-state index in [4.69, 9.17) is 9.15 Å². The number of hydrogen-bond donors (Lipinski definition) is 1. The zero-order valence-corrected chi connectivity index (χ0v) is 12.3. The Morgan fingerprint density at radius 2 is 2.10 bits per heavy atom. The van der Waals surface area contributed by atoms with Crippen molar-refractivity contribution in [3.05, 3.63) is 40.2 Å². The van der Waals surface area contributed by atoms with Crippen molar-refractivity contribution in [3.63, 3.8) is 0 Å². The smallest absolute Gasteiger partial charge is 0.348 e. The first-order chi connectivity index (χ1) is 9.51. The lowest BCUT2D eigenvalue weighted by molar-refractivity contribution is 0.0531. The molecule has 0 saturated heterocycles. The summed E-state index contributed by atoms with van der Waals surface area (Å²) in [5.74, 6) is 0.204. The number of thiophene rings is 1. The summed E-state index contributed by atoms with van der Waals surface area (Å²) < 4.78 is 10.2. The van der Waals surface area contributed by atoms with Gasteiger partial charge in [0.1, 0.15) is 10.6 Å². The van der Waals surface area contributed by atoms with Crippen LogP contribution < -0.4 is 5.32 Å². The number of hydrogen-bond acceptors (Lipinski definition) is 5. The highest BCUT2D eigenvalue weighted by molar-refractivity contribution is 7.18. The van der Waals surface area contributed by atoms with E-state index in [1.54, 1.807) is 39.0 Å². The molecule has 2 aromatic heterocycles. The van der Waals surface area contributed by atoms with Crippen LogP contribution in [-0.2, 0) is 4.74 Å². The highest BCUT2D eigenvalue weighted by Crippen LogP contribution is 2.27. The number of aryl methyl sites for hydroxylation is 2. The van der Waals surface area contributed by atoms with E-state index in [0.717, 1.165) is 5.56 Å². The monoisotopic (exact) mass is 293 g/mol. The van der Waals surface area contributed by atoms with Gasteiger partial charge in [0.05, 0.1) is 11.6 Å². The minimum atomic E-state index is -0.371. The molecule has 20 heavy (non-hydrogen) atoms. The lowest BCUT2D eigenvalue weighted by atomic mass is 10.3. The van der Waals surface area contributed by atoms with Gasteiger partial charge in [0.2, 0.25) is 0 Å². The quantitative estimate of drug-likeness (QED) is 0.877. The Balaban J connectivity index is 2.12. The third-order valence-corrected chi connectivity index (χ3v) is 3.71. The van der Waals surface area contributed by atoms with Gasteiger partial charge in [0.15, 0.2) is 5.76 Å². The van der Waals surface area contributed by atoms with E-state index in [-0.39, 0.29) is 17.6 Å². The third-order valence-electron chi connectivity index (χ3n) is 2.58. The molecule has 0 atom stereocenters. The summed E-state index contributed by atoms with van der Waals surface area (Å²) in [6.07, 6.45) is 0. The fraction of sp³-hybridized carbons (Fsp3) is 0.286. The molecule has 5 nitrogen and oxygen atoms in total. The van der Waals surface area contributed by atoms with Crippen molar-refractivity contribution in [1.82, 2.24) is 0 Å². The lowest BCUT2D eigenvalue weighted by Gasteiger charge is -1.99. The van der Waals surface area contributed by atoms with Gasteiger partial charge in [-0.3, -0.25) is 4.79 Å². The van der Waals surface area contributed by atoms with E-state index in [9.17, 15) is 9.59 Å². The van der Waals surface area contributed by atoms with E-state index in [0.29, 0.717) is 22.2 Å². The number of amides is 1. The molecule has 0 radical (unpaired) electrons. The number of esters is 1. The Morgan fingerprint density at radius 1 is 1.35 bits per heavy atom. The van der Waals surface area contributed by atoms with Crippen LogP contribution in [0, 0.1) is 13.8 Å². The molecule has 1 amide bonds. The second-order valence-electron chi connectivity index (χ2n) is 4.21. The molecule has 106 valence electrons. The molecule has 1 N–H and O–H groups in total. The number of ether oxygens (including phenoxy) is 1. The Morgan fingerprint density at radius 3 is 2.70 bits per heavy atom. The molecule has 0 saturated carbocycles. The van der Waals surface area contributed by atoms with Crippen molar-refractivity contribution in [1.29, 1.82) is 0 Å². The molecule has 0 aliphatic rings. The normalized spacial score (nSPS) is 10.3. The lowest BCUT2D eigenvalue weighted by Crippen LogP contribution is -2.09. The molecule has 0 spiro atoms. The maximum absolute atomic E-state index is 11.9. The van der Waals surface area contributed by atoms with Crippen LogP contribution in [0.3, 0.4) is 0 Å². The van der Waals surface area contributed by atoms with Crippen molar-refractivity contribution in [2.45, 2.75) is 20.8 Å². The molecule has 2 aromatic rings. The van der Waals surface area contributed by atoms with Gasteiger partial charge in [-0.2, -0.15) is 0 Å². The number of anilines is 1. The van der Waals surface area contributed by atoms with Crippen LogP contribution in [0.15, 0.2) is 22.6 Å². The average Bonchev–Trinajstić information content (AvgIpc) is 2.96. The van der Waals surface area contributed by atoms with Gasteiger partial charge >= 0.3 is 5.97 Å². The first-order valence-electron chi connectivity index (χ1n) is 6.16. The number of carbonyl (C=O) groups is 2. The minimum Gasteiger partial charge on any atom is -0.462 e. The van der Waals surface area contributed by atoms with Crippen LogP contribution in [0.1, 0.15) is 38.5 Å². The molecule has 0 bridgehead atoms. The highest BCUT2D eigenvalue weighted by Gasteiger charge is 2.17. The molecule has 0 aromatic carbocycles. The van der Waals surface area contributed by atoms with E-state index >= 15 is 0 Å². The summed E-state index contributed by atoms with van der Waals surface area (Å²) in [4.78, 5) is 24.1. The second-order valence-corrected chi connectivity index (χ2v) is 5.26. The fourth-order valence-electron chi connectivity index (χ4n) is 1.67. The molecule has 2 heterocycles. The van der Waals surface area contributed by atoms with Crippen molar-refractivity contribution in [2.24, 2.45) is 0 Å². The van der Waals surface area contributed by atoms with E-state index < -0.39 is 0 Å². The Bertz CT molecular complexity index is 641. The largest absolute Gasteiger partial charge is 0.462 e. The van der Waals surface area contributed by atoms with Crippen LogP contribution in [0.5, 0.6) is 0 Å². The van der Waals surface area contributed by atoms with Gasteiger partial charge in [0.25, 0.3) is 5.91 Å². The standard InChI is InChI=1S/C14H15NO4S/c1-4-18-14(17)12-8(2)7-11(20-12)15-13(16)10-6-5-9(3)19-10/h5-7H,4H2,1-3H3,(H,15,16). The van der Waals surface area contributed by atoms with E-state index in [1.807, 2.05) is 0 Å². The van der Waals surface area contributed by atoms with Gasteiger partial charge in [-0.25, -0.2) is 4.79 Å². The van der Waals surface area contributed by atoms with E-state index in [2.05, 4.69) is 5.32 Å². The number of carbonyl (C=O) groups excluding carboxylic acids is 2. The first-order valence-corrected chi connectivity index (χ1v) is 6.98. The Kier molecular flexibility index (Phi) is 4.24. The van der Waals surface area contributed by atoms with Crippen LogP contribution in [0.25, 0.3) is 0 Å². The van der Waals surface area contributed by atoms with Crippen LogP contribution in [0.4, 0.5) is 5.00 Å². The molecule has 0 unspecified atom stereocenters. The maximum Gasteiger partial charge on any atom is 0.348 e. The summed E-state index contributed by atoms with van der Waals surface area (Å²) in [7, 11) is 0. The van der Waals surface area contributed by atoms with Crippen molar-refractivity contribution >= 4 is 28.2 Å². The molecular weight excluding hydrogens is 278 g/mol. The van der Waals surface area contributed by atoms with Gasteiger partial charge in [-0.05, 0) is 44.5 Å². The summed E-state index contributed by atoms with van der Waals surface area (Å²) in [6.45, 7) is 5.65. The Hall–Kier alpha value is -2.08. The predicted molar refractivity (Wildman–Crippen MR) is 76.4 cm³/mol. The zero-order chi connectivity index (χ0) is 14.7. The molecule has 0 aliphatic heterocycles. The maximum atomic E-state index is 11.9. The molecule has 0 fully saturated rings. The molecule has 0 aliphatic carbocycles. The van der Waals surface area contributed by atoms with Crippen molar-refractivity contribution < 1.29 is 18.7 Å². The van der Waals surface area contributed by atoms with Crippen molar-refractivity contribution in [2.75, 3.05) is 11.9 Å². The van der Waals surface area contributed by atoms with Gasteiger partial charge in [-0.15, -0.1) is 11.3 Å². The minimum absolute atomic E-state index is 0.242. The summed E-state index contributed by atoms with van der Waals surface area (Å²) in [6, 6.07) is 5.07. The van der Waals surface area contributed by atoms with Crippen LogP contribution in [0.2, 0.25) is 0 Å². The second kappa shape index (κ2) is 5.92. The molecular formula is C14H15NO4S. The summed E-state index contributed by atoms with van der Waals surface area (Å²) >= 11 is 1.19. The van der Waals surface area contributed by atoms with Crippen LogP contribution >= 0.6 is 11.3 Å². The molecule has 6 heteroatoms. The average molecular weight is 293 g/mol. The van der Waals surface area contributed by atoms with Gasteiger partial charge in [-0.1, -0.05) is 0 Å². The SMILES string of the molecule is CCOC(=O)c1sc(NC(=O)c2ccc(C)o2)cc1C. The number of rotatable bonds is 4. The topological polar surface area (TPSA) is 68.5 Å².